The van der Waals surface area contributed by atoms with Crippen molar-refractivity contribution < 1.29 is 4.74 Å². The van der Waals surface area contributed by atoms with E-state index < -0.39 is 0 Å². The van der Waals surface area contributed by atoms with E-state index in [1.807, 2.05) is 19.4 Å². The fraction of sp³-hybridized carbons (Fsp3) is 0.600. The van der Waals surface area contributed by atoms with E-state index >= 15 is 0 Å². The summed E-state index contributed by atoms with van der Waals surface area (Å²) in [4.78, 5) is 10.7. The van der Waals surface area contributed by atoms with Crippen LogP contribution in [-0.2, 0) is 4.74 Å². The van der Waals surface area contributed by atoms with Crippen LogP contribution >= 0.6 is 22.6 Å². The van der Waals surface area contributed by atoms with Crippen LogP contribution in [0.3, 0.4) is 0 Å². The molecule has 1 aromatic rings. The Kier molecular flexibility index (Phi) is 3.40. The van der Waals surface area contributed by atoms with Gasteiger partial charge in [-0.1, -0.05) is 0 Å². The number of halogens is 1. The summed E-state index contributed by atoms with van der Waals surface area (Å²) in [6.45, 7) is 2.93. The van der Waals surface area contributed by atoms with Crippen molar-refractivity contribution in [2.75, 3.05) is 18.6 Å². The number of nitrogens with zero attached hydrogens (tertiary/aromatic N) is 3. The van der Waals surface area contributed by atoms with Gasteiger partial charge in [-0.2, -0.15) is 0 Å². The molecule has 0 N–H and O–H groups in total. The maximum atomic E-state index is 5.53. The molecule has 1 saturated heterocycles. The Balaban J connectivity index is 2.13. The van der Waals surface area contributed by atoms with Crippen molar-refractivity contribution in [2.24, 2.45) is 0 Å². The number of hydrogen-bond acceptors (Lipinski definition) is 4. The number of ether oxygens (including phenoxy) is 1. The molecule has 0 radical (unpaired) electrons. The molecule has 2 unspecified atom stereocenters. The van der Waals surface area contributed by atoms with Crippen LogP contribution in [0.1, 0.15) is 13.3 Å². The summed E-state index contributed by atoms with van der Waals surface area (Å²) in [5.74, 6) is 0.776. The molecule has 2 heterocycles. The van der Waals surface area contributed by atoms with Gasteiger partial charge >= 0.3 is 0 Å². The van der Waals surface area contributed by atoms with Crippen molar-refractivity contribution in [2.45, 2.75) is 25.5 Å². The van der Waals surface area contributed by atoms with E-state index in [4.69, 9.17) is 4.74 Å². The smallest absolute Gasteiger partial charge is 0.225 e. The molecule has 82 valence electrons. The summed E-state index contributed by atoms with van der Waals surface area (Å²) in [5.41, 5.74) is 0. The maximum Gasteiger partial charge on any atom is 0.225 e. The summed E-state index contributed by atoms with van der Waals surface area (Å²) in [6, 6.07) is 0.394. The number of rotatable bonds is 2. The van der Waals surface area contributed by atoms with Gasteiger partial charge in [0.2, 0.25) is 5.95 Å². The molecule has 1 aliphatic rings. The van der Waals surface area contributed by atoms with Gasteiger partial charge in [0, 0.05) is 29.6 Å². The molecule has 0 amide bonds. The van der Waals surface area contributed by atoms with Crippen LogP contribution in [-0.4, -0.2) is 35.8 Å². The fourth-order valence-corrected chi connectivity index (χ4v) is 2.14. The summed E-state index contributed by atoms with van der Waals surface area (Å²) in [7, 11) is 2.03. The molecule has 0 aromatic carbocycles. The van der Waals surface area contributed by atoms with Crippen LogP contribution in [0, 0.1) is 3.57 Å². The van der Waals surface area contributed by atoms with Gasteiger partial charge in [0.15, 0.2) is 0 Å². The SMILES string of the molecule is CC1OCCC1N(C)c1ncc(I)cn1. The molecule has 0 saturated carbocycles. The standard InChI is InChI=1S/C10H14IN3O/c1-7-9(3-4-15-7)14(2)10-12-5-8(11)6-13-10/h5-7,9H,3-4H2,1-2H3. The van der Waals surface area contributed by atoms with Gasteiger partial charge in [0.05, 0.1) is 12.1 Å². The first kappa shape index (κ1) is 11.1. The van der Waals surface area contributed by atoms with Gasteiger partial charge in [-0.3, -0.25) is 0 Å². The number of anilines is 1. The van der Waals surface area contributed by atoms with Crippen LogP contribution in [0.15, 0.2) is 12.4 Å². The lowest BCUT2D eigenvalue weighted by molar-refractivity contribution is 0.118. The second-order valence-corrected chi connectivity index (χ2v) is 4.99. The molecule has 2 rings (SSSR count). The van der Waals surface area contributed by atoms with Gasteiger partial charge in [0.25, 0.3) is 0 Å². The molecular formula is C10H14IN3O. The van der Waals surface area contributed by atoms with E-state index in [9.17, 15) is 0 Å². The minimum atomic E-state index is 0.262. The summed E-state index contributed by atoms with van der Waals surface area (Å²) in [6.07, 6.45) is 4.98. The van der Waals surface area contributed by atoms with Crippen LogP contribution < -0.4 is 4.90 Å². The first-order valence-electron chi connectivity index (χ1n) is 5.00. The van der Waals surface area contributed by atoms with Crippen molar-refractivity contribution in [1.29, 1.82) is 0 Å². The molecule has 1 aromatic heterocycles. The van der Waals surface area contributed by atoms with Gasteiger partial charge in [-0.15, -0.1) is 0 Å². The average molecular weight is 319 g/mol. The lowest BCUT2D eigenvalue weighted by atomic mass is 10.1. The first-order chi connectivity index (χ1) is 7.18. The molecule has 15 heavy (non-hydrogen) atoms. The van der Waals surface area contributed by atoms with Crippen LogP contribution in [0.2, 0.25) is 0 Å². The molecule has 0 aliphatic carbocycles. The Bertz CT molecular complexity index is 330. The average Bonchev–Trinajstić information content (AvgIpc) is 2.65. The molecule has 0 bridgehead atoms. The van der Waals surface area contributed by atoms with E-state index in [2.05, 4.69) is 44.4 Å². The maximum absolute atomic E-state index is 5.53. The zero-order valence-electron chi connectivity index (χ0n) is 8.85. The highest BCUT2D eigenvalue weighted by Gasteiger charge is 2.29. The predicted molar refractivity (Wildman–Crippen MR) is 67.0 cm³/mol. The molecule has 1 fully saturated rings. The van der Waals surface area contributed by atoms with E-state index in [0.717, 1.165) is 22.5 Å². The monoisotopic (exact) mass is 319 g/mol. The normalized spacial score (nSPS) is 25.5. The van der Waals surface area contributed by atoms with E-state index in [1.54, 1.807) is 0 Å². The zero-order chi connectivity index (χ0) is 10.8. The van der Waals surface area contributed by atoms with E-state index in [-0.39, 0.29) is 6.10 Å². The second-order valence-electron chi connectivity index (χ2n) is 3.74. The predicted octanol–water partition coefficient (Wildman–Crippen LogP) is 1.69. The van der Waals surface area contributed by atoms with Gasteiger partial charge in [-0.05, 0) is 35.9 Å². The van der Waals surface area contributed by atoms with Crippen molar-refractivity contribution in [3.05, 3.63) is 16.0 Å². The third kappa shape index (κ3) is 2.39. The van der Waals surface area contributed by atoms with E-state index in [1.165, 1.54) is 0 Å². The van der Waals surface area contributed by atoms with Gasteiger partial charge < -0.3 is 9.64 Å². The fourth-order valence-electron chi connectivity index (χ4n) is 1.86. The largest absolute Gasteiger partial charge is 0.376 e. The quantitative estimate of drug-likeness (QED) is 0.778. The van der Waals surface area contributed by atoms with Gasteiger partial charge in [-0.25, -0.2) is 9.97 Å². The zero-order valence-corrected chi connectivity index (χ0v) is 11.0. The van der Waals surface area contributed by atoms with Crippen molar-refractivity contribution >= 4 is 28.5 Å². The minimum Gasteiger partial charge on any atom is -0.376 e. The van der Waals surface area contributed by atoms with Gasteiger partial charge in [0.1, 0.15) is 0 Å². The Morgan fingerprint density at radius 3 is 2.67 bits per heavy atom. The molecule has 5 heteroatoms. The van der Waals surface area contributed by atoms with Crippen LogP contribution in [0.4, 0.5) is 5.95 Å². The van der Waals surface area contributed by atoms with Crippen molar-refractivity contribution in [3.8, 4) is 0 Å². The third-order valence-corrected chi connectivity index (χ3v) is 3.31. The van der Waals surface area contributed by atoms with Crippen molar-refractivity contribution in [1.82, 2.24) is 9.97 Å². The van der Waals surface area contributed by atoms with E-state index in [0.29, 0.717) is 6.04 Å². The summed E-state index contributed by atoms with van der Waals surface area (Å²) < 4.78 is 6.59. The number of aromatic nitrogens is 2. The second kappa shape index (κ2) is 4.61. The minimum absolute atomic E-state index is 0.262. The summed E-state index contributed by atoms with van der Waals surface area (Å²) >= 11 is 2.20. The first-order valence-corrected chi connectivity index (χ1v) is 6.08. The highest BCUT2D eigenvalue weighted by atomic mass is 127. The Morgan fingerprint density at radius 1 is 1.47 bits per heavy atom. The van der Waals surface area contributed by atoms with Crippen LogP contribution in [0.25, 0.3) is 0 Å². The number of likely N-dealkylation sites (N-methyl/N-ethyl adjacent to an activating group) is 1. The number of hydrogen-bond donors (Lipinski definition) is 0. The third-order valence-electron chi connectivity index (χ3n) is 2.76. The summed E-state index contributed by atoms with van der Waals surface area (Å²) in [5, 5.41) is 0. The lowest BCUT2D eigenvalue weighted by Gasteiger charge is -2.26. The molecular weight excluding hydrogens is 305 g/mol. The van der Waals surface area contributed by atoms with Crippen LogP contribution in [0.5, 0.6) is 0 Å². The lowest BCUT2D eigenvalue weighted by Crippen LogP contribution is -2.37. The Morgan fingerprint density at radius 2 is 2.13 bits per heavy atom. The highest BCUT2D eigenvalue weighted by Crippen LogP contribution is 2.21. The molecule has 4 nitrogen and oxygen atoms in total. The topological polar surface area (TPSA) is 38.2 Å². The van der Waals surface area contributed by atoms with Crippen molar-refractivity contribution in [3.63, 3.8) is 0 Å². The molecule has 0 spiro atoms. The highest BCUT2D eigenvalue weighted by molar-refractivity contribution is 14.1. The Hall–Kier alpha value is -0.430. The Labute approximate surface area is 103 Å². The molecule has 1 aliphatic heterocycles. The molecule has 2 atom stereocenters.